The largest absolute Gasteiger partial charge is 0.367 e. The average Bonchev–Trinajstić information content (AvgIpc) is 2.68. The summed E-state index contributed by atoms with van der Waals surface area (Å²) in [5, 5.41) is 3.57. The first-order valence-corrected chi connectivity index (χ1v) is 9.55. The van der Waals surface area contributed by atoms with Crippen LogP contribution in [0.25, 0.3) is 0 Å². The van der Waals surface area contributed by atoms with Gasteiger partial charge in [0.1, 0.15) is 0 Å². The zero-order valence-electron chi connectivity index (χ0n) is 15.5. The van der Waals surface area contributed by atoms with Gasteiger partial charge in [-0.15, -0.1) is 0 Å². The summed E-state index contributed by atoms with van der Waals surface area (Å²) in [6, 6.07) is 15.2. The molecular formula is C21H24ClN3O2. The second kappa shape index (κ2) is 8.91. The maximum Gasteiger partial charge on any atom is 0.251 e. The topological polar surface area (TPSA) is 52.7 Å². The van der Waals surface area contributed by atoms with Gasteiger partial charge >= 0.3 is 0 Å². The third-order valence-corrected chi connectivity index (χ3v) is 5.16. The fourth-order valence-electron chi connectivity index (χ4n) is 3.27. The third-order valence-electron chi connectivity index (χ3n) is 4.84. The molecule has 0 bridgehead atoms. The standard InChI is InChI=1S/C21H24ClN3O2/c1-16-6-2-3-7-17(16)21(27)23-11-10-20(26)25-14-12-24(13-15-25)19-9-5-4-8-18(19)22/h2-9H,10-15H2,1H3,(H,23,27). The lowest BCUT2D eigenvalue weighted by molar-refractivity contribution is -0.131. The van der Waals surface area contributed by atoms with Crippen molar-refractivity contribution in [2.75, 3.05) is 37.6 Å². The SMILES string of the molecule is Cc1ccccc1C(=O)NCCC(=O)N1CCN(c2ccccc2Cl)CC1. The predicted octanol–water partition coefficient (Wildman–Crippen LogP) is 3.12. The molecular weight excluding hydrogens is 362 g/mol. The van der Waals surface area contributed by atoms with Crippen LogP contribution in [0, 0.1) is 6.92 Å². The van der Waals surface area contributed by atoms with Crippen LogP contribution in [0.5, 0.6) is 0 Å². The van der Waals surface area contributed by atoms with Crippen LogP contribution in [0.1, 0.15) is 22.3 Å². The Hall–Kier alpha value is -2.53. The molecule has 2 amide bonds. The minimum Gasteiger partial charge on any atom is -0.367 e. The Balaban J connectivity index is 1.44. The van der Waals surface area contributed by atoms with Gasteiger partial charge in [0.05, 0.1) is 10.7 Å². The molecule has 142 valence electrons. The fraction of sp³-hybridized carbons (Fsp3) is 0.333. The van der Waals surface area contributed by atoms with Crippen molar-refractivity contribution in [3.63, 3.8) is 0 Å². The van der Waals surface area contributed by atoms with E-state index in [1.807, 2.05) is 54.3 Å². The molecule has 0 aromatic heterocycles. The summed E-state index contributed by atoms with van der Waals surface area (Å²) in [6.45, 7) is 5.08. The molecule has 3 rings (SSSR count). The number of carbonyl (C=O) groups excluding carboxylic acids is 2. The van der Waals surface area contributed by atoms with E-state index in [1.54, 1.807) is 6.07 Å². The lowest BCUT2D eigenvalue weighted by Gasteiger charge is -2.36. The lowest BCUT2D eigenvalue weighted by atomic mass is 10.1. The number of carbonyl (C=O) groups is 2. The Morgan fingerprint density at radius 1 is 1.00 bits per heavy atom. The quantitative estimate of drug-likeness (QED) is 0.860. The van der Waals surface area contributed by atoms with Gasteiger partial charge < -0.3 is 15.1 Å². The molecule has 1 aliphatic heterocycles. The van der Waals surface area contributed by atoms with Crippen molar-refractivity contribution in [2.24, 2.45) is 0 Å². The predicted molar refractivity (Wildman–Crippen MR) is 108 cm³/mol. The van der Waals surface area contributed by atoms with Crippen molar-refractivity contribution in [2.45, 2.75) is 13.3 Å². The number of para-hydroxylation sites is 1. The number of amides is 2. The molecule has 27 heavy (non-hydrogen) atoms. The molecule has 1 saturated heterocycles. The zero-order chi connectivity index (χ0) is 19.2. The van der Waals surface area contributed by atoms with Gasteiger partial charge in [-0.05, 0) is 30.7 Å². The number of hydrogen-bond acceptors (Lipinski definition) is 3. The Morgan fingerprint density at radius 2 is 1.67 bits per heavy atom. The van der Waals surface area contributed by atoms with Crippen LogP contribution in [0.4, 0.5) is 5.69 Å². The maximum absolute atomic E-state index is 12.4. The highest BCUT2D eigenvalue weighted by Gasteiger charge is 2.22. The highest BCUT2D eigenvalue weighted by atomic mass is 35.5. The van der Waals surface area contributed by atoms with Crippen molar-refractivity contribution >= 4 is 29.1 Å². The molecule has 6 heteroatoms. The fourth-order valence-corrected chi connectivity index (χ4v) is 3.52. The summed E-state index contributed by atoms with van der Waals surface area (Å²) in [6.07, 6.45) is 0.309. The number of rotatable bonds is 5. The third kappa shape index (κ3) is 4.80. The van der Waals surface area contributed by atoms with Crippen LogP contribution in [0.2, 0.25) is 5.02 Å². The molecule has 0 aliphatic carbocycles. The molecule has 0 radical (unpaired) electrons. The maximum atomic E-state index is 12.4. The number of nitrogens with zero attached hydrogens (tertiary/aromatic N) is 2. The number of benzene rings is 2. The van der Waals surface area contributed by atoms with E-state index in [1.165, 1.54) is 0 Å². The number of halogens is 1. The van der Waals surface area contributed by atoms with E-state index in [0.717, 1.165) is 29.4 Å². The van der Waals surface area contributed by atoms with E-state index >= 15 is 0 Å². The highest BCUT2D eigenvalue weighted by molar-refractivity contribution is 6.33. The van der Waals surface area contributed by atoms with E-state index in [2.05, 4.69) is 10.2 Å². The first kappa shape index (κ1) is 19.2. The van der Waals surface area contributed by atoms with Crippen molar-refractivity contribution in [1.29, 1.82) is 0 Å². The van der Waals surface area contributed by atoms with Crippen molar-refractivity contribution < 1.29 is 9.59 Å². The Labute approximate surface area is 164 Å². The molecule has 2 aromatic carbocycles. The molecule has 1 heterocycles. The van der Waals surface area contributed by atoms with Gasteiger partial charge in [0.2, 0.25) is 5.91 Å². The molecule has 1 fully saturated rings. The number of hydrogen-bond donors (Lipinski definition) is 1. The van der Waals surface area contributed by atoms with Gasteiger partial charge in [-0.1, -0.05) is 41.9 Å². The zero-order valence-corrected chi connectivity index (χ0v) is 16.2. The molecule has 0 spiro atoms. The molecule has 0 saturated carbocycles. The summed E-state index contributed by atoms with van der Waals surface area (Å²) >= 11 is 6.25. The van der Waals surface area contributed by atoms with Crippen molar-refractivity contribution in [3.8, 4) is 0 Å². The number of piperazine rings is 1. The Morgan fingerprint density at radius 3 is 2.37 bits per heavy atom. The van der Waals surface area contributed by atoms with Crippen LogP contribution < -0.4 is 10.2 Å². The summed E-state index contributed by atoms with van der Waals surface area (Å²) in [7, 11) is 0. The lowest BCUT2D eigenvalue weighted by Crippen LogP contribution is -2.49. The smallest absolute Gasteiger partial charge is 0.251 e. The molecule has 1 aliphatic rings. The van der Waals surface area contributed by atoms with Crippen LogP contribution in [0.15, 0.2) is 48.5 Å². The number of aryl methyl sites for hydroxylation is 1. The first-order valence-electron chi connectivity index (χ1n) is 9.17. The van der Waals surface area contributed by atoms with Gasteiger partial charge in [0, 0.05) is 44.7 Å². The van der Waals surface area contributed by atoms with E-state index in [-0.39, 0.29) is 11.8 Å². The van der Waals surface area contributed by atoms with Crippen LogP contribution in [-0.4, -0.2) is 49.4 Å². The summed E-state index contributed by atoms with van der Waals surface area (Å²) in [4.78, 5) is 28.7. The van der Waals surface area contributed by atoms with Crippen molar-refractivity contribution in [3.05, 3.63) is 64.7 Å². The summed E-state index contributed by atoms with van der Waals surface area (Å²) < 4.78 is 0. The molecule has 5 nitrogen and oxygen atoms in total. The average molecular weight is 386 g/mol. The number of nitrogens with one attached hydrogen (secondary N) is 1. The summed E-state index contributed by atoms with van der Waals surface area (Å²) in [5.74, 6) is -0.0664. The molecule has 0 unspecified atom stereocenters. The normalized spacial score (nSPS) is 14.1. The molecule has 2 aromatic rings. The minimum absolute atomic E-state index is 0.0684. The Bertz CT molecular complexity index is 817. The van der Waals surface area contributed by atoms with Gasteiger partial charge in [-0.3, -0.25) is 9.59 Å². The van der Waals surface area contributed by atoms with E-state index in [0.29, 0.717) is 31.6 Å². The van der Waals surface area contributed by atoms with Crippen molar-refractivity contribution in [1.82, 2.24) is 10.2 Å². The van der Waals surface area contributed by atoms with Gasteiger partial charge in [-0.2, -0.15) is 0 Å². The summed E-state index contributed by atoms with van der Waals surface area (Å²) in [5.41, 5.74) is 2.59. The molecule has 1 N–H and O–H groups in total. The number of anilines is 1. The van der Waals surface area contributed by atoms with Gasteiger partial charge in [-0.25, -0.2) is 0 Å². The van der Waals surface area contributed by atoms with Crippen LogP contribution >= 0.6 is 11.6 Å². The first-order chi connectivity index (χ1) is 13.1. The monoisotopic (exact) mass is 385 g/mol. The minimum atomic E-state index is -0.135. The second-order valence-corrected chi connectivity index (χ2v) is 7.05. The Kier molecular flexibility index (Phi) is 6.35. The highest BCUT2D eigenvalue weighted by Crippen LogP contribution is 2.26. The van der Waals surface area contributed by atoms with Gasteiger partial charge in [0.25, 0.3) is 5.91 Å². The van der Waals surface area contributed by atoms with Crippen LogP contribution in [0.3, 0.4) is 0 Å². The van der Waals surface area contributed by atoms with E-state index in [4.69, 9.17) is 11.6 Å². The van der Waals surface area contributed by atoms with E-state index in [9.17, 15) is 9.59 Å². The van der Waals surface area contributed by atoms with Gasteiger partial charge in [0.15, 0.2) is 0 Å². The van der Waals surface area contributed by atoms with E-state index < -0.39 is 0 Å². The van der Waals surface area contributed by atoms with Crippen LogP contribution in [-0.2, 0) is 4.79 Å². The second-order valence-electron chi connectivity index (χ2n) is 6.64. The molecule has 0 atom stereocenters.